The van der Waals surface area contributed by atoms with E-state index in [0.717, 1.165) is 30.4 Å². The standard InChI is InChI=1S/C22H29NO2/c1-17(2)14-19(12-13-24)16-23-22(25)21-11-7-6-10-20(21)15-18-8-4-3-5-9-18/h3-11,17,19,24H,12-16H2,1-2H3,(H,23,25)/t19-/m0/s1. The molecule has 0 spiro atoms. The Balaban J connectivity index is 2.03. The van der Waals surface area contributed by atoms with Crippen LogP contribution in [0.5, 0.6) is 0 Å². The molecule has 0 radical (unpaired) electrons. The maximum absolute atomic E-state index is 12.7. The number of hydrogen-bond donors (Lipinski definition) is 2. The smallest absolute Gasteiger partial charge is 0.251 e. The lowest BCUT2D eigenvalue weighted by molar-refractivity contribution is 0.0940. The lowest BCUT2D eigenvalue weighted by atomic mass is 9.94. The molecular formula is C22H29NO2. The fourth-order valence-electron chi connectivity index (χ4n) is 3.20. The number of nitrogens with one attached hydrogen (secondary N) is 1. The fourth-order valence-corrected chi connectivity index (χ4v) is 3.20. The van der Waals surface area contributed by atoms with Gasteiger partial charge in [-0.05, 0) is 48.3 Å². The van der Waals surface area contributed by atoms with Crippen LogP contribution in [-0.4, -0.2) is 24.2 Å². The Bertz CT molecular complexity index is 652. The van der Waals surface area contributed by atoms with Gasteiger partial charge in [-0.25, -0.2) is 0 Å². The Morgan fingerprint density at radius 3 is 2.40 bits per heavy atom. The lowest BCUT2D eigenvalue weighted by Crippen LogP contribution is -2.31. The molecule has 3 nitrogen and oxygen atoms in total. The average molecular weight is 339 g/mol. The van der Waals surface area contributed by atoms with Crippen LogP contribution in [0.25, 0.3) is 0 Å². The highest BCUT2D eigenvalue weighted by molar-refractivity contribution is 5.95. The van der Waals surface area contributed by atoms with Crippen LogP contribution in [0.15, 0.2) is 54.6 Å². The Morgan fingerprint density at radius 2 is 1.72 bits per heavy atom. The summed E-state index contributed by atoms with van der Waals surface area (Å²) in [6, 6.07) is 18.0. The van der Waals surface area contributed by atoms with E-state index in [0.29, 0.717) is 18.4 Å². The van der Waals surface area contributed by atoms with Crippen molar-refractivity contribution < 1.29 is 9.90 Å². The summed E-state index contributed by atoms with van der Waals surface area (Å²) in [5, 5.41) is 12.3. The number of aliphatic hydroxyl groups excluding tert-OH is 1. The molecule has 2 aromatic carbocycles. The van der Waals surface area contributed by atoms with E-state index in [9.17, 15) is 9.90 Å². The number of aliphatic hydroxyl groups is 1. The molecule has 0 saturated heterocycles. The summed E-state index contributed by atoms with van der Waals surface area (Å²) in [6.45, 7) is 5.11. The molecule has 0 aromatic heterocycles. The molecule has 25 heavy (non-hydrogen) atoms. The Kier molecular flexibility index (Phi) is 7.68. The highest BCUT2D eigenvalue weighted by Crippen LogP contribution is 2.17. The van der Waals surface area contributed by atoms with Gasteiger partial charge < -0.3 is 10.4 Å². The molecule has 0 aliphatic carbocycles. The average Bonchev–Trinajstić information content (AvgIpc) is 2.60. The zero-order valence-electron chi connectivity index (χ0n) is 15.2. The lowest BCUT2D eigenvalue weighted by Gasteiger charge is -2.19. The molecule has 0 saturated carbocycles. The molecule has 2 N–H and O–H groups in total. The minimum atomic E-state index is -0.0294. The Labute approximate surface area is 151 Å². The molecule has 0 aliphatic heterocycles. The van der Waals surface area contributed by atoms with Crippen molar-refractivity contribution in [3.05, 3.63) is 71.3 Å². The normalized spacial score (nSPS) is 12.2. The summed E-state index contributed by atoms with van der Waals surface area (Å²) < 4.78 is 0. The molecule has 134 valence electrons. The summed E-state index contributed by atoms with van der Waals surface area (Å²) in [5.74, 6) is 0.840. The molecule has 1 amide bonds. The van der Waals surface area contributed by atoms with Gasteiger partial charge in [0.1, 0.15) is 0 Å². The fraction of sp³-hybridized carbons (Fsp3) is 0.409. The second-order valence-electron chi connectivity index (χ2n) is 7.04. The number of hydrogen-bond acceptors (Lipinski definition) is 2. The minimum absolute atomic E-state index is 0.0294. The van der Waals surface area contributed by atoms with Gasteiger partial charge in [-0.15, -0.1) is 0 Å². The first-order valence-electron chi connectivity index (χ1n) is 9.11. The van der Waals surface area contributed by atoms with Gasteiger partial charge >= 0.3 is 0 Å². The highest BCUT2D eigenvalue weighted by atomic mass is 16.3. The summed E-state index contributed by atoms with van der Waals surface area (Å²) in [7, 11) is 0. The molecule has 2 aromatic rings. The SMILES string of the molecule is CC(C)C[C@H](CCO)CNC(=O)c1ccccc1Cc1ccccc1. The van der Waals surface area contributed by atoms with Crippen LogP contribution < -0.4 is 5.32 Å². The first-order chi connectivity index (χ1) is 12.1. The number of carbonyl (C=O) groups is 1. The van der Waals surface area contributed by atoms with Crippen molar-refractivity contribution in [3.8, 4) is 0 Å². The third-order valence-electron chi connectivity index (χ3n) is 4.39. The van der Waals surface area contributed by atoms with E-state index < -0.39 is 0 Å². The summed E-state index contributed by atoms with van der Waals surface area (Å²) in [6.07, 6.45) is 2.48. The van der Waals surface area contributed by atoms with Crippen molar-refractivity contribution in [1.29, 1.82) is 0 Å². The van der Waals surface area contributed by atoms with Crippen molar-refractivity contribution in [1.82, 2.24) is 5.32 Å². The number of benzene rings is 2. The van der Waals surface area contributed by atoms with Crippen LogP contribution in [0.4, 0.5) is 0 Å². The van der Waals surface area contributed by atoms with Crippen LogP contribution in [0.3, 0.4) is 0 Å². The van der Waals surface area contributed by atoms with E-state index in [-0.39, 0.29) is 12.5 Å². The number of rotatable bonds is 9. The molecule has 2 rings (SSSR count). The molecule has 3 heteroatoms. The molecule has 0 heterocycles. The van der Waals surface area contributed by atoms with Gasteiger partial charge in [0.2, 0.25) is 0 Å². The zero-order valence-corrected chi connectivity index (χ0v) is 15.2. The summed E-state index contributed by atoms with van der Waals surface area (Å²) in [4.78, 5) is 12.7. The van der Waals surface area contributed by atoms with Crippen LogP contribution in [-0.2, 0) is 6.42 Å². The van der Waals surface area contributed by atoms with Crippen molar-refractivity contribution in [3.63, 3.8) is 0 Å². The molecule has 0 aliphatic rings. The van der Waals surface area contributed by atoms with Gasteiger partial charge in [0.25, 0.3) is 5.91 Å². The van der Waals surface area contributed by atoms with Gasteiger partial charge in [-0.1, -0.05) is 62.4 Å². The van der Waals surface area contributed by atoms with Crippen LogP contribution in [0.1, 0.15) is 48.2 Å². The largest absolute Gasteiger partial charge is 0.396 e. The van der Waals surface area contributed by atoms with E-state index in [1.54, 1.807) is 0 Å². The van der Waals surface area contributed by atoms with Crippen molar-refractivity contribution in [2.75, 3.05) is 13.2 Å². The Hall–Kier alpha value is -2.13. The van der Waals surface area contributed by atoms with Gasteiger partial charge in [0, 0.05) is 18.7 Å². The summed E-state index contributed by atoms with van der Waals surface area (Å²) >= 11 is 0. The second-order valence-corrected chi connectivity index (χ2v) is 7.04. The van der Waals surface area contributed by atoms with Crippen molar-refractivity contribution >= 4 is 5.91 Å². The predicted octanol–water partition coefficient (Wildman–Crippen LogP) is 4.05. The van der Waals surface area contributed by atoms with Gasteiger partial charge in [0.05, 0.1) is 0 Å². The Morgan fingerprint density at radius 1 is 1.04 bits per heavy atom. The van der Waals surface area contributed by atoms with E-state index in [1.165, 1.54) is 5.56 Å². The van der Waals surface area contributed by atoms with E-state index in [2.05, 4.69) is 31.3 Å². The second kappa shape index (κ2) is 10.00. The molecular weight excluding hydrogens is 310 g/mol. The molecule has 0 fully saturated rings. The maximum atomic E-state index is 12.7. The number of amides is 1. The van der Waals surface area contributed by atoms with Gasteiger partial charge in [-0.3, -0.25) is 4.79 Å². The van der Waals surface area contributed by atoms with Gasteiger partial charge in [-0.2, -0.15) is 0 Å². The van der Waals surface area contributed by atoms with Crippen molar-refractivity contribution in [2.24, 2.45) is 11.8 Å². The number of carbonyl (C=O) groups excluding carboxylic acids is 1. The first-order valence-corrected chi connectivity index (χ1v) is 9.11. The van der Waals surface area contributed by atoms with E-state index in [1.807, 2.05) is 42.5 Å². The van der Waals surface area contributed by atoms with E-state index >= 15 is 0 Å². The van der Waals surface area contributed by atoms with Crippen molar-refractivity contribution in [2.45, 2.75) is 33.1 Å². The maximum Gasteiger partial charge on any atom is 0.251 e. The van der Waals surface area contributed by atoms with Crippen LogP contribution >= 0.6 is 0 Å². The molecule has 0 bridgehead atoms. The monoisotopic (exact) mass is 339 g/mol. The predicted molar refractivity (Wildman–Crippen MR) is 103 cm³/mol. The van der Waals surface area contributed by atoms with Crippen LogP contribution in [0, 0.1) is 11.8 Å². The molecule has 1 atom stereocenters. The van der Waals surface area contributed by atoms with Gasteiger partial charge in [0.15, 0.2) is 0 Å². The van der Waals surface area contributed by atoms with E-state index in [4.69, 9.17) is 0 Å². The third kappa shape index (κ3) is 6.35. The highest BCUT2D eigenvalue weighted by Gasteiger charge is 2.15. The first kappa shape index (κ1) is 19.2. The quantitative estimate of drug-likeness (QED) is 0.724. The van der Waals surface area contributed by atoms with Crippen LogP contribution in [0.2, 0.25) is 0 Å². The molecule has 0 unspecified atom stereocenters. The summed E-state index contributed by atoms with van der Waals surface area (Å²) in [5.41, 5.74) is 2.97. The minimum Gasteiger partial charge on any atom is -0.396 e. The topological polar surface area (TPSA) is 49.3 Å². The zero-order chi connectivity index (χ0) is 18.1. The third-order valence-corrected chi connectivity index (χ3v) is 4.39.